The van der Waals surface area contributed by atoms with E-state index in [1.807, 2.05) is 49.3 Å². The molecule has 3 aromatic rings. The maximum atomic E-state index is 6.13. The van der Waals surface area contributed by atoms with Crippen molar-refractivity contribution in [3.05, 3.63) is 65.7 Å². The number of para-hydroxylation sites is 1. The van der Waals surface area contributed by atoms with Crippen LogP contribution in [0.5, 0.6) is 0 Å². The van der Waals surface area contributed by atoms with Crippen LogP contribution in [0.15, 0.2) is 59.6 Å². The zero-order valence-corrected chi connectivity index (χ0v) is 19.1. The molecule has 0 unspecified atom stereocenters. The molecular weight excluding hydrogens is 461 g/mol. The Morgan fingerprint density at radius 1 is 1.11 bits per heavy atom. The van der Waals surface area contributed by atoms with Gasteiger partial charge in [0.05, 0.1) is 12.1 Å². The SMILES string of the molecule is CC(C)c1cccc(NC(N)=NCc2cc(N(C)C)nc3ccccc23)c1.I. The number of halogens is 1. The highest BCUT2D eigenvalue weighted by molar-refractivity contribution is 14.0. The first-order valence-electron chi connectivity index (χ1n) is 9.17. The smallest absolute Gasteiger partial charge is 0.193 e. The number of aromatic nitrogens is 1. The van der Waals surface area contributed by atoms with E-state index in [2.05, 4.69) is 53.4 Å². The minimum absolute atomic E-state index is 0. The second kappa shape index (κ2) is 9.73. The summed E-state index contributed by atoms with van der Waals surface area (Å²) in [7, 11) is 3.98. The molecule has 0 saturated carbocycles. The maximum Gasteiger partial charge on any atom is 0.193 e. The van der Waals surface area contributed by atoms with Crippen LogP contribution in [-0.4, -0.2) is 25.0 Å². The Hall–Kier alpha value is -2.35. The monoisotopic (exact) mass is 489 g/mol. The molecule has 1 aromatic heterocycles. The van der Waals surface area contributed by atoms with Crippen molar-refractivity contribution in [2.75, 3.05) is 24.3 Å². The first-order chi connectivity index (χ1) is 12.9. The van der Waals surface area contributed by atoms with Gasteiger partial charge in [-0.3, -0.25) is 0 Å². The van der Waals surface area contributed by atoms with E-state index in [0.29, 0.717) is 18.4 Å². The average Bonchev–Trinajstić information content (AvgIpc) is 2.66. The summed E-state index contributed by atoms with van der Waals surface area (Å²) in [6, 6.07) is 18.4. The number of anilines is 2. The van der Waals surface area contributed by atoms with Crippen LogP contribution in [0.2, 0.25) is 0 Å². The summed E-state index contributed by atoms with van der Waals surface area (Å²) < 4.78 is 0. The maximum absolute atomic E-state index is 6.13. The lowest BCUT2D eigenvalue weighted by molar-refractivity contribution is 0.867. The Morgan fingerprint density at radius 2 is 1.86 bits per heavy atom. The Morgan fingerprint density at radius 3 is 2.57 bits per heavy atom. The molecule has 0 fully saturated rings. The number of nitrogens with zero attached hydrogens (tertiary/aromatic N) is 3. The van der Waals surface area contributed by atoms with Gasteiger partial charge in [-0.25, -0.2) is 9.98 Å². The fourth-order valence-electron chi connectivity index (χ4n) is 2.93. The third-order valence-electron chi connectivity index (χ3n) is 4.49. The van der Waals surface area contributed by atoms with Gasteiger partial charge in [0.1, 0.15) is 5.82 Å². The number of aliphatic imine (C=N–C) groups is 1. The highest BCUT2D eigenvalue weighted by atomic mass is 127. The Kier molecular flexibility index (Phi) is 7.62. The molecule has 6 heteroatoms. The summed E-state index contributed by atoms with van der Waals surface area (Å²) in [5.41, 5.74) is 10.4. The summed E-state index contributed by atoms with van der Waals surface area (Å²) in [5, 5.41) is 4.29. The molecule has 5 nitrogen and oxygen atoms in total. The number of benzene rings is 2. The van der Waals surface area contributed by atoms with E-state index in [1.54, 1.807) is 0 Å². The number of fused-ring (bicyclic) bond motifs is 1. The zero-order valence-electron chi connectivity index (χ0n) is 16.8. The van der Waals surface area contributed by atoms with Crippen molar-refractivity contribution in [3.63, 3.8) is 0 Å². The lowest BCUT2D eigenvalue weighted by Gasteiger charge is -2.14. The van der Waals surface area contributed by atoms with Gasteiger partial charge < -0.3 is 16.0 Å². The van der Waals surface area contributed by atoms with Crippen molar-refractivity contribution in [1.82, 2.24) is 4.98 Å². The van der Waals surface area contributed by atoms with E-state index < -0.39 is 0 Å². The number of nitrogens with two attached hydrogens (primary N) is 1. The summed E-state index contributed by atoms with van der Waals surface area (Å²) in [5.74, 6) is 1.79. The number of nitrogens with one attached hydrogen (secondary N) is 1. The second-order valence-electron chi connectivity index (χ2n) is 7.16. The topological polar surface area (TPSA) is 66.5 Å². The predicted molar refractivity (Wildman–Crippen MR) is 131 cm³/mol. The van der Waals surface area contributed by atoms with Crippen LogP contribution in [-0.2, 0) is 6.54 Å². The van der Waals surface area contributed by atoms with Crippen LogP contribution in [0.3, 0.4) is 0 Å². The molecule has 0 radical (unpaired) electrons. The van der Waals surface area contributed by atoms with Gasteiger partial charge in [0, 0.05) is 25.2 Å². The van der Waals surface area contributed by atoms with Crippen LogP contribution < -0.4 is 16.0 Å². The molecule has 2 aromatic carbocycles. The minimum Gasteiger partial charge on any atom is -0.370 e. The highest BCUT2D eigenvalue weighted by Crippen LogP contribution is 2.23. The number of hydrogen-bond donors (Lipinski definition) is 2. The lowest BCUT2D eigenvalue weighted by atomic mass is 10.0. The van der Waals surface area contributed by atoms with Crippen LogP contribution in [0.4, 0.5) is 11.5 Å². The summed E-state index contributed by atoms with van der Waals surface area (Å²) in [6.45, 7) is 4.84. The van der Waals surface area contributed by atoms with E-state index in [1.165, 1.54) is 5.56 Å². The molecule has 0 aliphatic carbocycles. The van der Waals surface area contributed by atoms with Gasteiger partial charge in [0.15, 0.2) is 5.96 Å². The van der Waals surface area contributed by atoms with Crippen molar-refractivity contribution in [2.24, 2.45) is 10.7 Å². The van der Waals surface area contributed by atoms with Crippen LogP contribution in [0.1, 0.15) is 30.9 Å². The van der Waals surface area contributed by atoms with Crippen LogP contribution >= 0.6 is 24.0 Å². The number of pyridine rings is 1. The van der Waals surface area contributed by atoms with Gasteiger partial charge in [0.2, 0.25) is 0 Å². The Balaban J connectivity index is 0.00000280. The molecule has 28 heavy (non-hydrogen) atoms. The average molecular weight is 489 g/mol. The first-order valence-corrected chi connectivity index (χ1v) is 9.17. The summed E-state index contributed by atoms with van der Waals surface area (Å²) >= 11 is 0. The number of hydrogen-bond acceptors (Lipinski definition) is 3. The molecule has 0 amide bonds. The van der Waals surface area contributed by atoms with Gasteiger partial charge in [-0.1, -0.05) is 44.2 Å². The zero-order chi connectivity index (χ0) is 19.4. The molecule has 0 saturated heterocycles. The molecule has 3 rings (SSSR count). The summed E-state index contributed by atoms with van der Waals surface area (Å²) in [4.78, 5) is 11.2. The van der Waals surface area contributed by atoms with Crippen molar-refractivity contribution < 1.29 is 0 Å². The molecule has 0 aliphatic heterocycles. The van der Waals surface area contributed by atoms with E-state index in [4.69, 9.17) is 5.73 Å². The number of guanidine groups is 1. The fourth-order valence-corrected chi connectivity index (χ4v) is 2.93. The quantitative estimate of drug-likeness (QED) is 0.302. The van der Waals surface area contributed by atoms with Crippen molar-refractivity contribution in [1.29, 1.82) is 0 Å². The number of rotatable bonds is 5. The third kappa shape index (κ3) is 5.34. The molecule has 0 aliphatic rings. The van der Waals surface area contributed by atoms with Gasteiger partial charge in [-0.2, -0.15) is 0 Å². The molecule has 3 N–H and O–H groups in total. The highest BCUT2D eigenvalue weighted by Gasteiger charge is 2.07. The van der Waals surface area contributed by atoms with E-state index >= 15 is 0 Å². The predicted octanol–water partition coefficient (Wildman–Crippen LogP) is 4.97. The van der Waals surface area contributed by atoms with Gasteiger partial charge in [-0.15, -0.1) is 24.0 Å². The van der Waals surface area contributed by atoms with Crippen molar-refractivity contribution in [3.8, 4) is 0 Å². The molecular formula is C22H28IN5. The van der Waals surface area contributed by atoms with Crippen molar-refractivity contribution in [2.45, 2.75) is 26.3 Å². The summed E-state index contributed by atoms with van der Waals surface area (Å²) in [6.07, 6.45) is 0. The van der Waals surface area contributed by atoms with Gasteiger partial charge >= 0.3 is 0 Å². The fraction of sp³-hybridized carbons (Fsp3) is 0.273. The largest absolute Gasteiger partial charge is 0.370 e. The molecule has 148 valence electrons. The molecule has 0 spiro atoms. The minimum atomic E-state index is 0. The molecule has 1 heterocycles. The van der Waals surface area contributed by atoms with E-state index in [0.717, 1.165) is 28.0 Å². The Labute approximate surface area is 184 Å². The Bertz CT molecular complexity index is 966. The lowest BCUT2D eigenvalue weighted by Crippen LogP contribution is -2.22. The van der Waals surface area contributed by atoms with E-state index in [-0.39, 0.29) is 24.0 Å². The third-order valence-corrected chi connectivity index (χ3v) is 4.49. The van der Waals surface area contributed by atoms with E-state index in [9.17, 15) is 0 Å². The molecule has 0 atom stereocenters. The molecule has 0 bridgehead atoms. The van der Waals surface area contributed by atoms with Gasteiger partial charge in [-0.05, 0) is 41.3 Å². The van der Waals surface area contributed by atoms with Crippen LogP contribution in [0, 0.1) is 0 Å². The second-order valence-corrected chi connectivity index (χ2v) is 7.16. The van der Waals surface area contributed by atoms with Gasteiger partial charge in [0.25, 0.3) is 0 Å². The van der Waals surface area contributed by atoms with Crippen molar-refractivity contribution >= 4 is 52.3 Å². The standard InChI is InChI=1S/C22H27N5.HI/c1-15(2)16-8-7-9-18(12-16)25-22(23)24-14-17-13-21(27(3)4)26-20-11-6-5-10-19(17)20;/h5-13,15H,14H2,1-4H3,(H3,23,24,25);1H. The first kappa shape index (κ1) is 21.9. The normalized spacial score (nSPS) is 11.4. The van der Waals surface area contributed by atoms with Crippen LogP contribution in [0.25, 0.3) is 10.9 Å².